The van der Waals surface area contributed by atoms with Crippen molar-refractivity contribution in [2.75, 3.05) is 5.75 Å². The normalized spacial score (nSPS) is 13.3. The lowest BCUT2D eigenvalue weighted by Crippen LogP contribution is -1.83. The maximum atomic E-state index is 2.24. The van der Waals surface area contributed by atoms with Crippen LogP contribution in [0.1, 0.15) is 31.7 Å². The zero-order chi connectivity index (χ0) is 11.5. The third-order valence-electron chi connectivity index (χ3n) is 2.30. The summed E-state index contributed by atoms with van der Waals surface area (Å²) >= 11 is 0. The van der Waals surface area contributed by atoms with Gasteiger partial charge < -0.3 is 0 Å². The van der Waals surface area contributed by atoms with Gasteiger partial charge in [-0.15, -0.1) is 0 Å². The highest BCUT2D eigenvalue weighted by Crippen LogP contribution is 2.27. The third-order valence-corrected chi connectivity index (χ3v) is 4.21. The van der Waals surface area contributed by atoms with Gasteiger partial charge in [-0.25, -0.2) is 0 Å². The first-order valence-electron chi connectivity index (χ1n) is 5.90. The Balaban J connectivity index is 0.000000212. The summed E-state index contributed by atoms with van der Waals surface area (Å²) in [5.41, 5.74) is 1.47. The predicted molar refractivity (Wildman–Crippen MR) is 78.9 cm³/mol. The van der Waals surface area contributed by atoms with Crippen molar-refractivity contribution in [2.45, 2.75) is 32.6 Å². The summed E-state index contributed by atoms with van der Waals surface area (Å²) < 4.78 is 0. The Morgan fingerprint density at radius 3 is 2.44 bits per heavy atom. The highest BCUT2D eigenvalue weighted by molar-refractivity contribution is 8.78. The molecule has 0 saturated heterocycles. The number of benzene rings is 1. The first kappa shape index (κ1) is 13.7. The molecule has 0 spiro atoms. The van der Waals surface area contributed by atoms with Crippen LogP contribution in [0.3, 0.4) is 0 Å². The van der Waals surface area contributed by atoms with E-state index in [0.717, 1.165) is 0 Å². The van der Waals surface area contributed by atoms with Crippen LogP contribution in [0.15, 0.2) is 41.8 Å². The third kappa shape index (κ3) is 7.02. The molecule has 0 fully saturated rings. The minimum atomic E-state index is 1.20. The molecule has 0 atom stereocenters. The average Bonchev–Trinajstić information content (AvgIpc) is 2.90. The van der Waals surface area contributed by atoms with Crippen LogP contribution in [0, 0.1) is 0 Å². The topological polar surface area (TPSA) is 0 Å². The maximum Gasteiger partial charge on any atom is 0.0229 e. The van der Waals surface area contributed by atoms with Crippen LogP contribution in [0.5, 0.6) is 0 Å². The van der Waals surface area contributed by atoms with Crippen LogP contribution < -0.4 is 0 Å². The second-order valence-corrected chi connectivity index (χ2v) is 6.01. The molecule has 0 aliphatic carbocycles. The molecule has 0 bridgehead atoms. The van der Waals surface area contributed by atoms with E-state index in [1.165, 1.54) is 37.0 Å². The van der Waals surface area contributed by atoms with Crippen molar-refractivity contribution in [2.24, 2.45) is 0 Å². The van der Waals surface area contributed by atoms with Gasteiger partial charge in [0.2, 0.25) is 0 Å². The van der Waals surface area contributed by atoms with Crippen molar-refractivity contribution in [3.05, 3.63) is 47.4 Å². The molecule has 88 valence electrons. The van der Waals surface area contributed by atoms with E-state index in [-0.39, 0.29) is 0 Å². The second kappa shape index (κ2) is 9.86. The standard InChI is InChI=1S/C11H16.C3H4S2/c1-2-3-5-8-11-9-6-4-7-10-11;1-2-4-5-3-1/h4,6-7,9-10H,2-3,5,8H2,1H3;1-2H,3H2. The fourth-order valence-electron chi connectivity index (χ4n) is 1.42. The monoisotopic (exact) mass is 252 g/mol. The molecule has 1 aromatic rings. The van der Waals surface area contributed by atoms with Crippen LogP contribution in [0.2, 0.25) is 0 Å². The molecule has 1 aromatic carbocycles. The largest absolute Gasteiger partial charge is 0.0854 e. The van der Waals surface area contributed by atoms with Gasteiger partial charge >= 0.3 is 0 Å². The van der Waals surface area contributed by atoms with Gasteiger partial charge in [0, 0.05) is 5.75 Å². The van der Waals surface area contributed by atoms with Crippen molar-refractivity contribution in [1.29, 1.82) is 0 Å². The van der Waals surface area contributed by atoms with Gasteiger partial charge in [0.1, 0.15) is 0 Å². The van der Waals surface area contributed by atoms with Gasteiger partial charge in [0.05, 0.1) is 0 Å². The molecule has 0 aromatic heterocycles. The number of hydrogen-bond acceptors (Lipinski definition) is 2. The average molecular weight is 252 g/mol. The smallest absolute Gasteiger partial charge is 0.0229 e. The number of aryl methyl sites for hydroxylation is 1. The van der Waals surface area contributed by atoms with E-state index in [1.54, 1.807) is 0 Å². The van der Waals surface area contributed by atoms with E-state index in [1.807, 2.05) is 21.6 Å². The summed E-state index contributed by atoms with van der Waals surface area (Å²) in [5.74, 6) is 1.20. The molecule has 1 aliphatic heterocycles. The lowest BCUT2D eigenvalue weighted by molar-refractivity contribution is 0.717. The molecule has 0 radical (unpaired) electrons. The van der Waals surface area contributed by atoms with Gasteiger partial charge in [-0.3, -0.25) is 0 Å². The van der Waals surface area contributed by atoms with Gasteiger partial charge in [-0.05, 0) is 23.8 Å². The Morgan fingerprint density at radius 2 is 1.94 bits per heavy atom. The summed E-state index contributed by atoms with van der Waals surface area (Å²) in [4.78, 5) is 0. The summed E-state index contributed by atoms with van der Waals surface area (Å²) in [5, 5.41) is 2.12. The van der Waals surface area contributed by atoms with Gasteiger partial charge in [-0.1, -0.05) is 77.8 Å². The maximum absolute atomic E-state index is 2.24. The fourth-order valence-corrected chi connectivity index (χ4v) is 2.99. The Kier molecular flexibility index (Phi) is 8.45. The predicted octanol–water partition coefficient (Wildman–Crippen LogP) is 5.31. The van der Waals surface area contributed by atoms with Crippen LogP contribution >= 0.6 is 21.6 Å². The minimum absolute atomic E-state index is 1.20. The Bertz CT molecular complexity index is 274. The molecule has 1 aliphatic rings. The van der Waals surface area contributed by atoms with Gasteiger partial charge in [-0.2, -0.15) is 0 Å². The molecular formula is C14H20S2. The SMILES string of the molecule is C1=CSSC1.CCCCCc1ccccc1. The fraction of sp³-hybridized carbons (Fsp3) is 0.429. The molecule has 0 unspecified atom stereocenters. The number of unbranched alkanes of at least 4 members (excludes halogenated alkanes) is 2. The Morgan fingerprint density at radius 1 is 1.12 bits per heavy atom. The van der Waals surface area contributed by atoms with Crippen molar-refractivity contribution >= 4 is 21.6 Å². The van der Waals surface area contributed by atoms with Crippen LogP contribution in [-0.2, 0) is 6.42 Å². The molecule has 0 saturated carbocycles. The van der Waals surface area contributed by atoms with Crippen LogP contribution in [0.4, 0.5) is 0 Å². The Hall–Kier alpha value is -0.340. The quantitative estimate of drug-likeness (QED) is 0.526. The molecule has 0 amide bonds. The van der Waals surface area contributed by atoms with Crippen molar-refractivity contribution in [3.8, 4) is 0 Å². The Labute approximate surface area is 107 Å². The van der Waals surface area contributed by atoms with E-state index < -0.39 is 0 Å². The summed E-state index contributed by atoms with van der Waals surface area (Å²) in [6.45, 7) is 2.24. The summed E-state index contributed by atoms with van der Waals surface area (Å²) in [6.07, 6.45) is 7.41. The van der Waals surface area contributed by atoms with E-state index >= 15 is 0 Å². The van der Waals surface area contributed by atoms with Gasteiger partial charge in [0.15, 0.2) is 0 Å². The van der Waals surface area contributed by atoms with Crippen molar-refractivity contribution in [1.82, 2.24) is 0 Å². The minimum Gasteiger partial charge on any atom is -0.0854 e. The van der Waals surface area contributed by atoms with E-state index in [2.05, 4.69) is 48.7 Å². The van der Waals surface area contributed by atoms with Crippen LogP contribution in [-0.4, -0.2) is 5.75 Å². The van der Waals surface area contributed by atoms with Gasteiger partial charge in [0.25, 0.3) is 0 Å². The van der Waals surface area contributed by atoms with Crippen LogP contribution in [0.25, 0.3) is 0 Å². The summed E-state index contributed by atoms with van der Waals surface area (Å²) in [7, 11) is 3.69. The summed E-state index contributed by atoms with van der Waals surface area (Å²) in [6, 6.07) is 10.7. The van der Waals surface area contributed by atoms with E-state index in [9.17, 15) is 0 Å². The first-order chi connectivity index (χ1) is 7.93. The molecule has 16 heavy (non-hydrogen) atoms. The number of hydrogen-bond donors (Lipinski definition) is 0. The van der Waals surface area contributed by atoms with E-state index in [4.69, 9.17) is 0 Å². The zero-order valence-corrected chi connectivity index (χ0v) is 11.5. The molecule has 1 heterocycles. The first-order valence-corrected chi connectivity index (χ1v) is 8.29. The zero-order valence-electron chi connectivity index (χ0n) is 9.89. The molecule has 2 rings (SSSR count). The lowest BCUT2D eigenvalue weighted by Gasteiger charge is -1.98. The molecule has 2 heteroatoms. The number of rotatable bonds is 4. The molecular weight excluding hydrogens is 232 g/mol. The second-order valence-electron chi connectivity index (χ2n) is 3.70. The van der Waals surface area contributed by atoms with Crippen molar-refractivity contribution in [3.63, 3.8) is 0 Å². The molecule has 0 nitrogen and oxygen atoms in total. The lowest BCUT2D eigenvalue weighted by atomic mass is 10.1. The van der Waals surface area contributed by atoms with Crippen molar-refractivity contribution < 1.29 is 0 Å². The highest BCUT2D eigenvalue weighted by atomic mass is 33.1. The van der Waals surface area contributed by atoms with E-state index in [0.29, 0.717) is 0 Å². The molecule has 0 N–H and O–H groups in total. The highest BCUT2D eigenvalue weighted by Gasteiger charge is 1.89.